The van der Waals surface area contributed by atoms with Crippen molar-refractivity contribution in [3.05, 3.63) is 45.7 Å². The number of aromatic nitrogens is 2. The van der Waals surface area contributed by atoms with Gasteiger partial charge in [0.2, 0.25) is 5.91 Å². The van der Waals surface area contributed by atoms with Crippen molar-refractivity contribution in [3.8, 4) is 0 Å². The van der Waals surface area contributed by atoms with E-state index in [9.17, 15) is 4.79 Å². The Morgan fingerprint density at radius 1 is 1.30 bits per heavy atom. The maximum absolute atomic E-state index is 12.6. The lowest BCUT2D eigenvalue weighted by Gasteiger charge is -2.32. The third kappa shape index (κ3) is 4.09. The highest BCUT2D eigenvalue weighted by Gasteiger charge is 2.27. The van der Waals surface area contributed by atoms with Crippen LogP contribution in [0, 0.1) is 5.92 Å². The normalized spacial score (nSPS) is 17.8. The van der Waals surface area contributed by atoms with Gasteiger partial charge in [0.25, 0.3) is 0 Å². The van der Waals surface area contributed by atoms with Gasteiger partial charge in [-0.3, -0.25) is 9.78 Å². The molecular formula is C16H16Br2N4O. The van der Waals surface area contributed by atoms with Crippen molar-refractivity contribution in [3.63, 3.8) is 0 Å². The summed E-state index contributed by atoms with van der Waals surface area (Å²) in [7, 11) is 0. The lowest BCUT2D eigenvalue weighted by molar-refractivity contribution is -0.120. The fourth-order valence-electron chi connectivity index (χ4n) is 2.68. The molecule has 2 aromatic rings. The average molecular weight is 440 g/mol. The molecule has 1 N–H and O–H groups in total. The molecule has 7 heteroatoms. The summed E-state index contributed by atoms with van der Waals surface area (Å²) in [6.45, 7) is 1.57. The smallest absolute Gasteiger partial charge is 0.229 e. The van der Waals surface area contributed by atoms with Crippen LogP contribution in [0.25, 0.3) is 0 Å². The SMILES string of the molecule is O=C(Nc1ccc(Br)cc1Br)[C@@H]1CCCN(c2cnccn2)C1. The quantitative estimate of drug-likeness (QED) is 0.788. The van der Waals surface area contributed by atoms with Crippen LogP contribution in [0.3, 0.4) is 0 Å². The average Bonchev–Trinajstić information content (AvgIpc) is 2.58. The van der Waals surface area contributed by atoms with Crippen molar-refractivity contribution in [1.82, 2.24) is 9.97 Å². The Morgan fingerprint density at radius 2 is 2.17 bits per heavy atom. The van der Waals surface area contributed by atoms with Gasteiger partial charge < -0.3 is 10.2 Å². The molecule has 2 heterocycles. The van der Waals surface area contributed by atoms with Crippen LogP contribution < -0.4 is 10.2 Å². The predicted octanol–water partition coefficient (Wildman–Crippen LogP) is 3.86. The highest BCUT2D eigenvalue weighted by Crippen LogP contribution is 2.28. The van der Waals surface area contributed by atoms with Crippen LogP contribution in [-0.4, -0.2) is 29.0 Å². The standard InChI is InChI=1S/C16H16Br2N4O/c17-12-3-4-14(13(18)8-12)21-16(23)11-2-1-7-22(10-11)15-9-19-5-6-20-15/h3-6,8-9,11H,1-2,7,10H2,(H,21,23)/t11-/m1/s1. The maximum Gasteiger partial charge on any atom is 0.229 e. The largest absolute Gasteiger partial charge is 0.355 e. The Bertz CT molecular complexity index is 696. The highest BCUT2D eigenvalue weighted by atomic mass is 79.9. The lowest BCUT2D eigenvalue weighted by Crippen LogP contribution is -2.41. The van der Waals surface area contributed by atoms with Crippen molar-refractivity contribution in [2.75, 3.05) is 23.3 Å². The van der Waals surface area contributed by atoms with E-state index in [1.165, 1.54) is 0 Å². The fraction of sp³-hybridized carbons (Fsp3) is 0.312. The number of halogens is 2. The van der Waals surface area contributed by atoms with E-state index in [1.807, 2.05) is 18.2 Å². The maximum atomic E-state index is 12.6. The Hall–Kier alpha value is -1.47. The molecule has 1 amide bonds. The van der Waals surface area contributed by atoms with Crippen molar-refractivity contribution in [1.29, 1.82) is 0 Å². The molecule has 0 saturated carbocycles. The number of nitrogens with zero attached hydrogens (tertiary/aromatic N) is 3. The predicted molar refractivity (Wildman–Crippen MR) is 97.4 cm³/mol. The number of rotatable bonds is 3. The summed E-state index contributed by atoms with van der Waals surface area (Å²) >= 11 is 6.89. The third-order valence-corrected chi connectivity index (χ3v) is 5.00. The Kier molecular flexibility index (Phi) is 5.27. The topological polar surface area (TPSA) is 58.1 Å². The number of benzene rings is 1. The Labute approximate surface area is 151 Å². The Morgan fingerprint density at radius 3 is 2.91 bits per heavy atom. The monoisotopic (exact) mass is 438 g/mol. The molecule has 1 aliphatic heterocycles. The van der Waals surface area contributed by atoms with Gasteiger partial charge in [0.15, 0.2) is 0 Å². The van der Waals surface area contributed by atoms with E-state index >= 15 is 0 Å². The molecule has 0 spiro atoms. The zero-order valence-corrected chi connectivity index (χ0v) is 15.5. The molecule has 0 unspecified atom stereocenters. The third-order valence-electron chi connectivity index (χ3n) is 3.85. The second-order valence-corrected chi connectivity index (χ2v) is 7.23. The first-order valence-electron chi connectivity index (χ1n) is 7.40. The molecule has 5 nitrogen and oxygen atoms in total. The molecule has 3 rings (SSSR count). The molecule has 0 bridgehead atoms. The first-order valence-corrected chi connectivity index (χ1v) is 8.99. The van der Waals surface area contributed by atoms with Gasteiger partial charge >= 0.3 is 0 Å². The van der Waals surface area contributed by atoms with E-state index in [-0.39, 0.29) is 11.8 Å². The summed E-state index contributed by atoms with van der Waals surface area (Å²) in [4.78, 5) is 23.1. The molecule has 1 aliphatic rings. The van der Waals surface area contributed by atoms with E-state index in [0.717, 1.165) is 39.8 Å². The summed E-state index contributed by atoms with van der Waals surface area (Å²) in [5, 5.41) is 3.01. The number of nitrogens with one attached hydrogen (secondary N) is 1. The van der Waals surface area contributed by atoms with E-state index in [2.05, 4.69) is 52.0 Å². The van der Waals surface area contributed by atoms with Gasteiger partial charge in [-0.15, -0.1) is 0 Å². The van der Waals surface area contributed by atoms with Crippen LogP contribution in [-0.2, 0) is 4.79 Å². The number of anilines is 2. The first kappa shape index (κ1) is 16.4. The molecule has 0 aliphatic carbocycles. The molecule has 1 saturated heterocycles. The van der Waals surface area contributed by atoms with Crippen LogP contribution >= 0.6 is 31.9 Å². The number of hydrogen-bond acceptors (Lipinski definition) is 4. The molecule has 1 fully saturated rings. The van der Waals surface area contributed by atoms with E-state index in [0.29, 0.717) is 6.54 Å². The number of amides is 1. The summed E-state index contributed by atoms with van der Waals surface area (Å²) in [5.74, 6) is 0.817. The first-order chi connectivity index (χ1) is 11.1. The van der Waals surface area contributed by atoms with Crippen LogP contribution in [0.15, 0.2) is 45.7 Å². The van der Waals surface area contributed by atoms with Crippen molar-refractivity contribution >= 4 is 49.3 Å². The van der Waals surface area contributed by atoms with Gasteiger partial charge in [-0.25, -0.2) is 4.98 Å². The summed E-state index contributed by atoms with van der Waals surface area (Å²) < 4.78 is 1.83. The molecular weight excluding hydrogens is 424 g/mol. The Balaban J connectivity index is 1.67. The second kappa shape index (κ2) is 7.40. The van der Waals surface area contributed by atoms with E-state index in [1.54, 1.807) is 18.6 Å². The van der Waals surface area contributed by atoms with Crippen molar-refractivity contribution in [2.24, 2.45) is 5.92 Å². The van der Waals surface area contributed by atoms with Gasteiger partial charge in [-0.05, 0) is 47.0 Å². The second-order valence-electron chi connectivity index (χ2n) is 5.46. The summed E-state index contributed by atoms with van der Waals surface area (Å²) in [6.07, 6.45) is 6.93. The summed E-state index contributed by atoms with van der Waals surface area (Å²) in [6, 6.07) is 5.71. The van der Waals surface area contributed by atoms with Gasteiger partial charge in [-0.1, -0.05) is 15.9 Å². The van der Waals surface area contributed by atoms with Gasteiger partial charge in [0, 0.05) is 34.4 Å². The fourth-order valence-corrected chi connectivity index (χ4v) is 3.83. The van der Waals surface area contributed by atoms with Crippen LogP contribution in [0.2, 0.25) is 0 Å². The van der Waals surface area contributed by atoms with Crippen molar-refractivity contribution in [2.45, 2.75) is 12.8 Å². The zero-order chi connectivity index (χ0) is 16.2. The minimum atomic E-state index is -0.0543. The number of carbonyl (C=O) groups is 1. The lowest BCUT2D eigenvalue weighted by atomic mass is 9.97. The minimum Gasteiger partial charge on any atom is -0.355 e. The molecule has 23 heavy (non-hydrogen) atoms. The van der Waals surface area contributed by atoms with Crippen molar-refractivity contribution < 1.29 is 4.79 Å². The van der Waals surface area contributed by atoms with Crippen LogP contribution in [0.1, 0.15) is 12.8 Å². The molecule has 1 aromatic carbocycles. The van der Waals surface area contributed by atoms with Gasteiger partial charge in [0.1, 0.15) is 5.82 Å². The number of piperidine rings is 1. The highest BCUT2D eigenvalue weighted by molar-refractivity contribution is 9.11. The van der Waals surface area contributed by atoms with Gasteiger partial charge in [-0.2, -0.15) is 0 Å². The summed E-state index contributed by atoms with van der Waals surface area (Å²) in [5.41, 5.74) is 0.787. The van der Waals surface area contributed by atoms with Crippen LogP contribution in [0.5, 0.6) is 0 Å². The number of carbonyl (C=O) groups excluding carboxylic acids is 1. The van der Waals surface area contributed by atoms with Gasteiger partial charge in [0.05, 0.1) is 17.8 Å². The molecule has 1 atom stereocenters. The minimum absolute atomic E-state index is 0.0432. The molecule has 1 aromatic heterocycles. The van der Waals surface area contributed by atoms with E-state index in [4.69, 9.17) is 0 Å². The van der Waals surface area contributed by atoms with Crippen LogP contribution in [0.4, 0.5) is 11.5 Å². The number of hydrogen-bond donors (Lipinski definition) is 1. The van der Waals surface area contributed by atoms with E-state index < -0.39 is 0 Å². The zero-order valence-electron chi connectivity index (χ0n) is 12.4. The molecule has 120 valence electrons. The molecule has 0 radical (unpaired) electrons.